The summed E-state index contributed by atoms with van der Waals surface area (Å²) in [5, 5.41) is 35.0. The third kappa shape index (κ3) is 4.13. The largest absolute Gasteiger partial charge is 0.455 e. The first-order valence-electron chi connectivity index (χ1n) is 16.2. The van der Waals surface area contributed by atoms with E-state index in [1.54, 1.807) is 19.1 Å². The van der Waals surface area contributed by atoms with Crippen LogP contribution in [0.15, 0.2) is 23.3 Å². The predicted octanol–water partition coefficient (Wildman–Crippen LogP) is 6.46. The molecule has 232 valence electrons. The number of allylic oxidation sites excluding steroid dienone is 1. The number of ketones is 1. The number of rotatable bonds is 12. The summed E-state index contributed by atoms with van der Waals surface area (Å²) in [7, 11) is 0. The van der Waals surface area contributed by atoms with Crippen LogP contribution in [0.25, 0.3) is 0 Å². The molecule has 4 aliphatic rings. The fourth-order valence-electron chi connectivity index (χ4n) is 10.1. The number of aliphatic hydroxyl groups is 3. The van der Waals surface area contributed by atoms with Crippen molar-refractivity contribution in [1.29, 1.82) is 0 Å². The topological polar surface area (TPSA) is 104 Å². The zero-order valence-corrected chi connectivity index (χ0v) is 26.9. The predicted molar refractivity (Wildman–Crippen MR) is 161 cm³/mol. The number of Topliss-reactive ketones (excluding diaryl/α,β-unsaturated/α-hetero) is 1. The summed E-state index contributed by atoms with van der Waals surface area (Å²) in [6, 6.07) is 0. The van der Waals surface area contributed by atoms with Gasteiger partial charge in [0.25, 0.3) is 0 Å². The number of carbonyl (C=O) groups excluding carboxylic acids is 2. The molecule has 8 unspecified atom stereocenters. The van der Waals surface area contributed by atoms with Crippen molar-refractivity contribution in [3.63, 3.8) is 0 Å². The van der Waals surface area contributed by atoms with Gasteiger partial charge in [-0.2, -0.15) is 0 Å². The van der Waals surface area contributed by atoms with Gasteiger partial charge < -0.3 is 20.1 Å². The van der Waals surface area contributed by atoms with E-state index in [0.29, 0.717) is 18.4 Å². The van der Waals surface area contributed by atoms with Crippen LogP contribution in [0.5, 0.6) is 0 Å². The van der Waals surface area contributed by atoms with Gasteiger partial charge in [-0.15, -0.1) is 0 Å². The maximum absolute atomic E-state index is 15.0. The number of ether oxygens (including phenoxy) is 1. The Bertz CT molecular complexity index is 1110. The van der Waals surface area contributed by atoms with Gasteiger partial charge in [-0.3, -0.25) is 9.59 Å². The van der Waals surface area contributed by atoms with Crippen LogP contribution in [0, 0.1) is 33.0 Å². The lowest BCUT2D eigenvalue weighted by Crippen LogP contribution is -2.66. The number of aliphatic hydroxyl groups excluding tert-OH is 2. The molecule has 1 spiro atoms. The highest BCUT2D eigenvalue weighted by atomic mass is 16.6. The summed E-state index contributed by atoms with van der Waals surface area (Å²) in [5.74, 6) is -0.914. The summed E-state index contributed by atoms with van der Waals surface area (Å²) in [4.78, 5) is 28.1. The average Bonchev–Trinajstić information content (AvgIpc) is 3.17. The zero-order chi connectivity index (χ0) is 30.6. The van der Waals surface area contributed by atoms with E-state index in [4.69, 9.17) is 4.74 Å². The van der Waals surface area contributed by atoms with Gasteiger partial charge >= 0.3 is 5.97 Å². The lowest BCUT2D eigenvalue weighted by atomic mass is 9.55. The number of esters is 1. The summed E-state index contributed by atoms with van der Waals surface area (Å²) in [6.45, 7) is 16.2. The zero-order valence-electron chi connectivity index (χ0n) is 26.9. The molecule has 0 heterocycles. The average molecular weight is 573 g/mol. The first-order valence-corrected chi connectivity index (χ1v) is 16.2. The molecule has 3 N–H and O–H groups in total. The molecule has 41 heavy (non-hydrogen) atoms. The number of fused-ring (bicyclic) bond motifs is 3. The minimum Gasteiger partial charge on any atom is -0.455 e. The number of hydrogen-bond acceptors (Lipinski definition) is 6. The van der Waals surface area contributed by atoms with Gasteiger partial charge in [0.1, 0.15) is 6.10 Å². The van der Waals surface area contributed by atoms with E-state index >= 15 is 4.79 Å². The maximum Gasteiger partial charge on any atom is 0.306 e. The van der Waals surface area contributed by atoms with E-state index < -0.39 is 46.6 Å². The second-order valence-electron chi connectivity index (χ2n) is 15.0. The van der Waals surface area contributed by atoms with Crippen molar-refractivity contribution in [2.24, 2.45) is 33.0 Å². The number of hydrogen-bond donors (Lipinski definition) is 3. The van der Waals surface area contributed by atoms with E-state index in [2.05, 4.69) is 34.6 Å². The molecule has 0 saturated heterocycles. The molecular formula is C35H56O6. The van der Waals surface area contributed by atoms with Gasteiger partial charge in [-0.05, 0) is 60.0 Å². The molecule has 0 aromatic carbocycles. The maximum atomic E-state index is 15.0. The molecule has 6 nitrogen and oxygen atoms in total. The molecule has 4 rings (SSSR count). The summed E-state index contributed by atoms with van der Waals surface area (Å²) >= 11 is 0. The fourth-order valence-corrected chi connectivity index (χ4v) is 10.1. The van der Waals surface area contributed by atoms with Crippen molar-refractivity contribution in [2.75, 3.05) is 6.61 Å². The Morgan fingerprint density at radius 1 is 0.976 bits per heavy atom. The van der Waals surface area contributed by atoms with Gasteiger partial charge in [0.05, 0.1) is 17.4 Å². The number of unbranched alkanes of at least 4 members (excludes halogenated alkanes) is 8. The molecule has 2 bridgehead atoms. The Labute approximate surface area is 248 Å². The summed E-state index contributed by atoms with van der Waals surface area (Å²) in [6.07, 6.45) is 11.9. The van der Waals surface area contributed by atoms with Gasteiger partial charge in [0, 0.05) is 6.42 Å². The molecule has 0 aromatic rings. The summed E-state index contributed by atoms with van der Waals surface area (Å²) < 4.78 is 5.99. The molecule has 6 heteroatoms. The van der Waals surface area contributed by atoms with Crippen LogP contribution < -0.4 is 0 Å². The van der Waals surface area contributed by atoms with E-state index in [-0.39, 0.29) is 34.5 Å². The molecule has 2 fully saturated rings. The van der Waals surface area contributed by atoms with Crippen molar-refractivity contribution in [2.45, 2.75) is 144 Å². The van der Waals surface area contributed by atoms with Crippen molar-refractivity contribution >= 4 is 11.8 Å². The Hall–Kier alpha value is -1.50. The van der Waals surface area contributed by atoms with Crippen LogP contribution in [0.4, 0.5) is 0 Å². The molecule has 0 amide bonds. The van der Waals surface area contributed by atoms with Crippen molar-refractivity contribution < 1.29 is 29.6 Å². The second-order valence-corrected chi connectivity index (χ2v) is 15.0. The SMILES string of the molecule is CCCCCCCCCCCC(=O)OC1C(C)=CC23C(=O)C(C)(C=C(CO)C(O)C12O)C1(C)C(C)(C)C1(C)CC3C. The van der Waals surface area contributed by atoms with Crippen LogP contribution in [-0.2, 0) is 14.3 Å². The van der Waals surface area contributed by atoms with Gasteiger partial charge in [0.2, 0.25) is 0 Å². The smallest absolute Gasteiger partial charge is 0.306 e. The van der Waals surface area contributed by atoms with Gasteiger partial charge in [-0.25, -0.2) is 0 Å². The Morgan fingerprint density at radius 2 is 1.54 bits per heavy atom. The Kier molecular flexibility index (Phi) is 8.61. The van der Waals surface area contributed by atoms with E-state index in [9.17, 15) is 20.1 Å². The molecule has 8 atom stereocenters. The lowest BCUT2D eigenvalue weighted by Gasteiger charge is -2.50. The van der Waals surface area contributed by atoms with E-state index in [0.717, 1.165) is 12.8 Å². The second kappa shape index (κ2) is 10.9. The van der Waals surface area contributed by atoms with Crippen LogP contribution in [0.1, 0.15) is 126 Å². The Morgan fingerprint density at radius 3 is 2.10 bits per heavy atom. The van der Waals surface area contributed by atoms with E-state index in [1.165, 1.54) is 38.5 Å². The Balaban J connectivity index is 1.59. The van der Waals surface area contributed by atoms with Crippen LogP contribution in [-0.4, -0.2) is 51.5 Å². The highest BCUT2D eigenvalue weighted by Crippen LogP contribution is 2.88. The van der Waals surface area contributed by atoms with Crippen LogP contribution in [0.2, 0.25) is 0 Å². The van der Waals surface area contributed by atoms with E-state index in [1.807, 2.05) is 13.8 Å². The van der Waals surface area contributed by atoms with Crippen molar-refractivity contribution in [1.82, 2.24) is 0 Å². The minimum atomic E-state index is -2.11. The number of carbonyl (C=O) groups is 2. The van der Waals surface area contributed by atoms with Crippen LogP contribution >= 0.6 is 0 Å². The quantitative estimate of drug-likeness (QED) is 0.141. The van der Waals surface area contributed by atoms with Crippen LogP contribution in [0.3, 0.4) is 0 Å². The summed E-state index contributed by atoms with van der Waals surface area (Å²) in [5.41, 5.74) is -4.67. The van der Waals surface area contributed by atoms with Crippen molar-refractivity contribution in [3.8, 4) is 0 Å². The first kappa shape index (κ1) is 32.4. The normalized spacial score (nSPS) is 42.4. The third-order valence-corrected chi connectivity index (χ3v) is 13.1. The fraction of sp³-hybridized carbons (Fsp3) is 0.829. The molecule has 0 aliphatic heterocycles. The molecule has 4 aliphatic carbocycles. The molecule has 0 radical (unpaired) electrons. The molecular weight excluding hydrogens is 516 g/mol. The van der Waals surface area contributed by atoms with Gasteiger partial charge in [0.15, 0.2) is 17.5 Å². The minimum absolute atomic E-state index is 0.156. The standard InChI is InChI=1S/C35H56O6/c1-9-10-11-12-13-14-15-16-17-18-26(37)41-28-23(2)19-34-24(3)20-32(7)30(4,5)33(32,8)31(6,29(34)39)21-25(22-36)27(38)35(28,34)40/h19,21,24,27-28,36,38,40H,9-18,20,22H2,1-8H3. The highest BCUT2D eigenvalue weighted by Gasteiger charge is 2.88. The molecule has 0 aromatic heterocycles. The van der Waals surface area contributed by atoms with Gasteiger partial charge in [-0.1, -0.05) is 105 Å². The third-order valence-electron chi connectivity index (χ3n) is 13.1. The lowest BCUT2D eigenvalue weighted by molar-refractivity contribution is -0.205. The first-order chi connectivity index (χ1) is 19.1. The van der Waals surface area contributed by atoms with Crippen molar-refractivity contribution in [3.05, 3.63) is 23.3 Å². The monoisotopic (exact) mass is 572 g/mol. The molecule has 2 saturated carbocycles. The highest BCUT2D eigenvalue weighted by molar-refractivity contribution is 5.99.